The highest BCUT2D eigenvalue weighted by Crippen LogP contribution is 2.32. The van der Waals surface area contributed by atoms with Gasteiger partial charge < -0.3 is 5.32 Å². The number of carbonyl (C=O) groups is 2. The minimum absolute atomic E-state index is 0.238. The Balaban J connectivity index is 1.47. The number of hydrogen-bond acceptors (Lipinski definition) is 6. The molecule has 1 aromatic heterocycles. The molecule has 2 amide bonds. The zero-order valence-electron chi connectivity index (χ0n) is 14.8. The molecule has 4 rings (SSSR count). The normalized spacial score (nSPS) is 15.3. The number of amides is 2. The van der Waals surface area contributed by atoms with Crippen LogP contribution in [-0.2, 0) is 9.59 Å². The second-order valence-corrected chi connectivity index (χ2v) is 7.77. The number of thiocarbonyl (C=S) groups is 1. The molecule has 0 unspecified atom stereocenters. The van der Waals surface area contributed by atoms with Crippen LogP contribution in [0.2, 0.25) is 0 Å². The summed E-state index contributed by atoms with van der Waals surface area (Å²) in [4.78, 5) is 34.9. The van der Waals surface area contributed by atoms with E-state index in [0.29, 0.717) is 16.7 Å². The first-order valence-electron chi connectivity index (χ1n) is 8.52. The molecule has 144 valence electrons. The molecule has 0 spiro atoms. The number of halogens is 1. The van der Waals surface area contributed by atoms with E-state index < -0.39 is 17.6 Å². The van der Waals surface area contributed by atoms with Gasteiger partial charge >= 0.3 is 0 Å². The molecule has 0 saturated carbocycles. The Bertz CT molecular complexity index is 1180. The fourth-order valence-electron chi connectivity index (χ4n) is 2.75. The van der Waals surface area contributed by atoms with E-state index in [4.69, 9.17) is 12.2 Å². The molecule has 0 atom stereocenters. The smallest absolute Gasteiger partial charge is 0.266 e. The number of benzene rings is 2. The Kier molecular flexibility index (Phi) is 5.32. The molecule has 0 aliphatic carbocycles. The SMILES string of the molecule is O=C(CN1C(=O)C(=Cc2ccccc2F)SC1=S)Nc1ccc2nccnc2c1. The molecular weight excluding hydrogens is 411 g/mol. The molecule has 0 radical (unpaired) electrons. The monoisotopic (exact) mass is 424 g/mol. The van der Waals surface area contributed by atoms with Gasteiger partial charge in [0.05, 0.1) is 15.9 Å². The summed E-state index contributed by atoms with van der Waals surface area (Å²) in [5, 5.41) is 2.73. The van der Waals surface area contributed by atoms with Gasteiger partial charge in [0.15, 0.2) is 0 Å². The number of aromatic nitrogens is 2. The van der Waals surface area contributed by atoms with Crippen molar-refractivity contribution in [3.63, 3.8) is 0 Å². The van der Waals surface area contributed by atoms with Crippen LogP contribution in [0.4, 0.5) is 10.1 Å². The van der Waals surface area contributed by atoms with Crippen LogP contribution in [0.25, 0.3) is 17.1 Å². The number of nitrogens with zero attached hydrogens (tertiary/aromatic N) is 3. The number of rotatable bonds is 4. The summed E-state index contributed by atoms with van der Waals surface area (Å²) in [5.41, 5.74) is 2.18. The van der Waals surface area contributed by atoms with E-state index in [0.717, 1.165) is 11.8 Å². The lowest BCUT2D eigenvalue weighted by Crippen LogP contribution is -2.36. The number of hydrogen-bond donors (Lipinski definition) is 1. The van der Waals surface area contributed by atoms with Crippen molar-refractivity contribution in [1.29, 1.82) is 0 Å². The van der Waals surface area contributed by atoms with Crippen molar-refractivity contribution in [3.8, 4) is 0 Å². The third kappa shape index (κ3) is 4.15. The van der Waals surface area contributed by atoms with Gasteiger partial charge in [-0.05, 0) is 30.3 Å². The van der Waals surface area contributed by atoms with Gasteiger partial charge in [-0.3, -0.25) is 24.5 Å². The van der Waals surface area contributed by atoms with E-state index in [9.17, 15) is 14.0 Å². The number of thioether (sulfide) groups is 1. The van der Waals surface area contributed by atoms with Crippen LogP contribution in [0.5, 0.6) is 0 Å². The van der Waals surface area contributed by atoms with Gasteiger partial charge in [-0.2, -0.15) is 0 Å². The number of carbonyl (C=O) groups excluding carboxylic acids is 2. The maximum absolute atomic E-state index is 13.8. The van der Waals surface area contributed by atoms with Gasteiger partial charge in [0.1, 0.15) is 16.7 Å². The number of fused-ring (bicyclic) bond motifs is 1. The molecule has 1 N–H and O–H groups in total. The Morgan fingerprint density at radius 3 is 2.72 bits per heavy atom. The summed E-state index contributed by atoms with van der Waals surface area (Å²) in [5.74, 6) is -1.27. The van der Waals surface area contributed by atoms with E-state index in [-0.39, 0.29) is 21.3 Å². The third-order valence-electron chi connectivity index (χ3n) is 4.12. The second kappa shape index (κ2) is 8.06. The summed E-state index contributed by atoms with van der Waals surface area (Å²) in [7, 11) is 0. The molecule has 2 heterocycles. The molecule has 1 saturated heterocycles. The van der Waals surface area contributed by atoms with Gasteiger partial charge in [0, 0.05) is 23.6 Å². The van der Waals surface area contributed by atoms with Gasteiger partial charge in [-0.25, -0.2) is 4.39 Å². The average molecular weight is 424 g/mol. The zero-order valence-corrected chi connectivity index (χ0v) is 16.5. The first-order valence-corrected chi connectivity index (χ1v) is 9.74. The van der Waals surface area contributed by atoms with Gasteiger partial charge in [-0.15, -0.1) is 0 Å². The average Bonchev–Trinajstić information content (AvgIpc) is 2.97. The summed E-state index contributed by atoms with van der Waals surface area (Å²) >= 11 is 6.26. The number of nitrogens with one attached hydrogen (secondary N) is 1. The van der Waals surface area contributed by atoms with E-state index in [1.807, 2.05) is 0 Å². The molecule has 9 heteroatoms. The van der Waals surface area contributed by atoms with Crippen molar-refractivity contribution in [1.82, 2.24) is 14.9 Å². The van der Waals surface area contributed by atoms with Crippen LogP contribution in [0.3, 0.4) is 0 Å². The van der Waals surface area contributed by atoms with E-state index in [2.05, 4.69) is 15.3 Å². The molecular formula is C20H13FN4O2S2. The Morgan fingerprint density at radius 2 is 1.93 bits per heavy atom. The summed E-state index contributed by atoms with van der Waals surface area (Å²) < 4.78 is 14.1. The maximum Gasteiger partial charge on any atom is 0.266 e. The fourth-order valence-corrected chi connectivity index (χ4v) is 4.00. The minimum atomic E-state index is -0.435. The number of anilines is 1. The minimum Gasteiger partial charge on any atom is -0.324 e. The molecule has 6 nitrogen and oxygen atoms in total. The maximum atomic E-state index is 13.8. The molecule has 3 aromatic rings. The van der Waals surface area contributed by atoms with Crippen molar-refractivity contribution in [3.05, 3.63) is 71.1 Å². The summed E-state index contributed by atoms with van der Waals surface area (Å²) in [6, 6.07) is 11.3. The van der Waals surface area contributed by atoms with Crippen LogP contribution in [0.1, 0.15) is 5.56 Å². The quantitative estimate of drug-likeness (QED) is 0.509. The lowest BCUT2D eigenvalue weighted by Gasteiger charge is -2.14. The standard InChI is InChI=1S/C20H13FN4O2S2/c21-14-4-2-1-3-12(14)9-17-19(27)25(20(28)29-17)11-18(26)24-13-5-6-15-16(10-13)23-8-7-22-15/h1-10H,11H2,(H,24,26). The molecule has 1 fully saturated rings. The Labute approximate surface area is 174 Å². The second-order valence-electron chi connectivity index (χ2n) is 6.10. The highest BCUT2D eigenvalue weighted by Gasteiger charge is 2.33. The first kappa shape index (κ1) is 19.2. The van der Waals surface area contributed by atoms with Crippen molar-refractivity contribution in [2.75, 3.05) is 11.9 Å². The fraction of sp³-hybridized carbons (Fsp3) is 0.0500. The molecule has 1 aliphatic heterocycles. The van der Waals surface area contributed by atoms with Crippen molar-refractivity contribution in [2.45, 2.75) is 0 Å². The largest absolute Gasteiger partial charge is 0.324 e. The lowest BCUT2D eigenvalue weighted by molar-refractivity contribution is -0.126. The summed E-state index contributed by atoms with van der Waals surface area (Å²) in [6.45, 7) is -0.238. The van der Waals surface area contributed by atoms with Crippen LogP contribution in [0, 0.1) is 5.82 Å². The molecule has 29 heavy (non-hydrogen) atoms. The van der Waals surface area contributed by atoms with Gasteiger partial charge in [0.25, 0.3) is 5.91 Å². The topological polar surface area (TPSA) is 75.2 Å². The Hall–Kier alpha value is -3.17. The predicted molar refractivity (Wildman–Crippen MR) is 114 cm³/mol. The molecule has 1 aliphatic rings. The lowest BCUT2D eigenvalue weighted by atomic mass is 10.2. The summed E-state index contributed by atoms with van der Waals surface area (Å²) in [6.07, 6.45) is 4.59. The highest BCUT2D eigenvalue weighted by molar-refractivity contribution is 8.26. The van der Waals surface area contributed by atoms with Crippen LogP contribution in [0.15, 0.2) is 59.8 Å². The van der Waals surface area contributed by atoms with Crippen molar-refractivity contribution >= 4 is 62.9 Å². The predicted octanol–water partition coefficient (Wildman–Crippen LogP) is 3.61. The van der Waals surface area contributed by atoms with Gasteiger partial charge in [0.2, 0.25) is 5.91 Å². The molecule has 2 aromatic carbocycles. The highest BCUT2D eigenvalue weighted by atomic mass is 32.2. The first-order chi connectivity index (χ1) is 14.0. The third-order valence-corrected chi connectivity index (χ3v) is 5.50. The van der Waals surface area contributed by atoms with E-state index >= 15 is 0 Å². The van der Waals surface area contributed by atoms with Crippen LogP contribution < -0.4 is 5.32 Å². The van der Waals surface area contributed by atoms with Crippen molar-refractivity contribution < 1.29 is 14.0 Å². The van der Waals surface area contributed by atoms with Crippen molar-refractivity contribution in [2.24, 2.45) is 0 Å². The molecule has 0 bridgehead atoms. The Morgan fingerprint density at radius 1 is 1.17 bits per heavy atom. The van der Waals surface area contributed by atoms with Crippen LogP contribution >= 0.6 is 24.0 Å². The van der Waals surface area contributed by atoms with Crippen LogP contribution in [-0.4, -0.2) is 37.5 Å². The van der Waals surface area contributed by atoms with E-state index in [1.165, 1.54) is 17.0 Å². The van der Waals surface area contributed by atoms with E-state index in [1.54, 1.807) is 48.8 Å². The zero-order chi connectivity index (χ0) is 20.4. The van der Waals surface area contributed by atoms with Gasteiger partial charge in [-0.1, -0.05) is 42.2 Å².